The van der Waals surface area contributed by atoms with E-state index in [1.54, 1.807) is 0 Å². The summed E-state index contributed by atoms with van der Waals surface area (Å²) in [6, 6.07) is 13.1. The monoisotopic (exact) mass is 369 g/mol. The summed E-state index contributed by atoms with van der Waals surface area (Å²) in [7, 11) is 1.28. The standard InChI is InChI=1S/C20H19NO6/c1-25-19(23)13-6-8-14(9-7-13)20(24)27-12-18(22)21-16-10-11-26-17-5-3-2-4-15(16)17/h2-9,16H,10-12H2,1H3,(H,21,22). The molecule has 0 spiro atoms. The molecule has 1 unspecified atom stereocenters. The van der Waals surface area contributed by atoms with Crippen molar-refractivity contribution in [2.45, 2.75) is 12.5 Å². The van der Waals surface area contributed by atoms with Crippen LogP contribution in [0.2, 0.25) is 0 Å². The summed E-state index contributed by atoms with van der Waals surface area (Å²) in [4.78, 5) is 35.6. The van der Waals surface area contributed by atoms with Crippen molar-refractivity contribution >= 4 is 17.8 Å². The summed E-state index contributed by atoms with van der Waals surface area (Å²) >= 11 is 0. The first kappa shape index (κ1) is 18.4. The highest BCUT2D eigenvalue weighted by Crippen LogP contribution is 2.31. The molecule has 0 radical (unpaired) electrons. The predicted molar refractivity (Wildman–Crippen MR) is 95.5 cm³/mol. The Morgan fingerprint density at radius 3 is 2.41 bits per heavy atom. The molecule has 140 valence electrons. The van der Waals surface area contributed by atoms with Gasteiger partial charge in [-0.25, -0.2) is 9.59 Å². The van der Waals surface area contributed by atoms with Crippen LogP contribution in [0.1, 0.15) is 38.7 Å². The minimum atomic E-state index is -0.644. The van der Waals surface area contributed by atoms with Crippen LogP contribution in [0.5, 0.6) is 5.75 Å². The zero-order valence-corrected chi connectivity index (χ0v) is 14.8. The first-order valence-corrected chi connectivity index (χ1v) is 8.45. The second kappa shape index (κ2) is 8.35. The summed E-state index contributed by atoms with van der Waals surface area (Å²) in [6.45, 7) is 0.116. The van der Waals surface area contributed by atoms with Crippen molar-refractivity contribution in [2.24, 2.45) is 0 Å². The fourth-order valence-electron chi connectivity index (χ4n) is 2.80. The number of fused-ring (bicyclic) bond motifs is 1. The number of methoxy groups -OCH3 is 1. The Morgan fingerprint density at radius 1 is 1.04 bits per heavy atom. The Bertz CT molecular complexity index is 846. The van der Waals surface area contributed by atoms with Crippen LogP contribution in [0.3, 0.4) is 0 Å². The number of ether oxygens (including phenoxy) is 3. The highest BCUT2D eigenvalue weighted by Gasteiger charge is 2.23. The van der Waals surface area contributed by atoms with Gasteiger partial charge in [0.25, 0.3) is 5.91 Å². The molecule has 1 atom stereocenters. The van der Waals surface area contributed by atoms with Crippen LogP contribution in [0.25, 0.3) is 0 Å². The summed E-state index contributed by atoms with van der Waals surface area (Å²) in [6.07, 6.45) is 0.645. The molecule has 7 heteroatoms. The third kappa shape index (κ3) is 4.44. The number of hydrogen-bond donors (Lipinski definition) is 1. The quantitative estimate of drug-likeness (QED) is 0.813. The number of carbonyl (C=O) groups is 3. The van der Waals surface area contributed by atoms with Crippen molar-refractivity contribution in [1.82, 2.24) is 5.32 Å². The molecule has 7 nitrogen and oxygen atoms in total. The maximum absolute atomic E-state index is 12.1. The highest BCUT2D eigenvalue weighted by molar-refractivity contribution is 5.94. The summed E-state index contributed by atoms with van der Waals surface area (Å²) in [5.74, 6) is -0.784. The lowest BCUT2D eigenvalue weighted by Crippen LogP contribution is -2.35. The number of amides is 1. The van der Waals surface area contributed by atoms with E-state index in [4.69, 9.17) is 9.47 Å². The van der Waals surface area contributed by atoms with E-state index in [0.29, 0.717) is 18.6 Å². The number of carbonyl (C=O) groups excluding carboxylic acids is 3. The molecule has 27 heavy (non-hydrogen) atoms. The van der Waals surface area contributed by atoms with Crippen molar-refractivity contribution in [1.29, 1.82) is 0 Å². The number of para-hydroxylation sites is 1. The first-order valence-electron chi connectivity index (χ1n) is 8.45. The molecule has 1 heterocycles. The lowest BCUT2D eigenvalue weighted by Gasteiger charge is -2.26. The van der Waals surface area contributed by atoms with Crippen molar-refractivity contribution < 1.29 is 28.6 Å². The normalized spacial score (nSPS) is 15.1. The molecule has 0 aliphatic carbocycles. The van der Waals surface area contributed by atoms with Gasteiger partial charge in [-0.1, -0.05) is 18.2 Å². The van der Waals surface area contributed by atoms with Gasteiger partial charge in [-0.3, -0.25) is 4.79 Å². The van der Waals surface area contributed by atoms with E-state index in [1.165, 1.54) is 31.4 Å². The predicted octanol–water partition coefficient (Wildman–Crippen LogP) is 2.27. The molecule has 0 saturated carbocycles. The topological polar surface area (TPSA) is 90.9 Å². The number of nitrogens with one attached hydrogen (secondary N) is 1. The first-order chi connectivity index (χ1) is 13.1. The smallest absolute Gasteiger partial charge is 0.338 e. The molecule has 2 aromatic rings. The van der Waals surface area contributed by atoms with E-state index in [0.717, 1.165) is 11.3 Å². The molecule has 0 bridgehead atoms. The third-order valence-electron chi connectivity index (χ3n) is 4.17. The largest absolute Gasteiger partial charge is 0.493 e. The Labute approximate surface area is 156 Å². The van der Waals surface area contributed by atoms with E-state index in [9.17, 15) is 14.4 Å². The van der Waals surface area contributed by atoms with Gasteiger partial charge in [0.05, 0.1) is 30.9 Å². The fourth-order valence-corrected chi connectivity index (χ4v) is 2.80. The molecule has 1 amide bonds. The molecule has 1 aliphatic heterocycles. The lowest BCUT2D eigenvalue weighted by molar-refractivity contribution is -0.125. The SMILES string of the molecule is COC(=O)c1ccc(C(=O)OCC(=O)NC2CCOc3ccccc32)cc1. The fraction of sp³-hybridized carbons (Fsp3) is 0.250. The highest BCUT2D eigenvalue weighted by atomic mass is 16.5. The Morgan fingerprint density at radius 2 is 1.70 bits per heavy atom. The number of benzene rings is 2. The Kier molecular flexibility index (Phi) is 5.71. The Hall–Kier alpha value is -3.35. The van der Waals surface area contributed by atoms with Gasteiger partial charge in [-0.15, -0.1) is 0 Å². The van der Waals surface area contributed by atoms with Crippen molar-refractivity contribution in [2.75, 3.05) is 20.3 Å². The second-order valence-corrected chi connectivity index (χ2v) is 5.94. The second-order valence-electron chi connectivity index (χ2n) is 5.94. The third-order valence-corrected chi connectivity index (χ3v) is 4.17. The van der Waals surface area contributed by atoms with Crippen LogP contribution in [-0.2, 0) is 14.3 Å². The van der Waals surface area contributed by atoms with Gasteiger partial charge in [0, 0.05) is 12.0 Å². The minimum absolute atomic E-state index is 0.180. The van der Waals surface area contributed by atoms with E-state index in [-0.39, 0.29) is 11.6 Å². The van der Waals surface area contributed by atoms with E-state index in [2.05, 4.69) is 10.1 Å². The van der Waals surface area contributed by atoms with Crippen LogP contribution in [0, 0.1) is 0 Å². The molecule has 2 aromatic carbocycles. The zero-order chi connectivity index (χ0) is 19.2. The van der Waals surface area contributed by atoms with E-state index < -0.39 is 24.5 Å². The molecule has 0 aromatic heterocycles. The van der Waals surface area contributed by atoms with Crippen LogP contribution in [-0.4, -0.2) is 38.2 Å². The van der Waals surface area contributed by atoms with Gasteiger partial charge in [-0.2, -0.15) is 0 Å². The van der Waals surface area contributed by atoms with Gasteiger partial charge < -0.3 is 19.5 Å². The van der Waals surface area contributed by atoms with Gasteiger partial charge >= 0.3 is 11.9 Å². The molecule has 1 N–H and O–H groups in total. The van der Waals surface area contributed by atoms with Gasteiger partial charge in [0.15, 0.2) is 6.61 Å². The number of hydrogen-bond acceptors (Lipinski definition) is 6. The van der Waals surface area contributed by atoms with Crippen LogP contribution < -0.4 is 10.1 Å². The summed E-state index contributed by atoms with van der Waals surface area (Å²) in [5, 5.41) is 2.86. The minimum Gasteiger partial charge on any atom is -0.493 e. The van der Waals surface area contributed by atoms with Crippen molar-refractivity contribution in [3.8, 4) is 5.75 Å². The molecule has 0 fully saturated rings. The van der Waals surface area contributed by atoms with Crippen LogP contribution in [0.15, 0.2) is 48.5 Å². The molecular formula is C20H19NO6. The van der Waals surface area contributed by atoms with Crippen LogP contribution in [0.4, 0.5) is 0 Å². The van der Waals surface area contributed by atoms with E-state index in [1.807, 2.05) is 24.3 Å². The maximum Gasteiger partial charge on any atom is 0.338 e. The van der Waals surface area contributed by atoms with E-state index >= 15 is 0 Å². The van der Waals surface area contributed by atoms with Gasteiger partial charge in [0.1, 0.15) is 5.75 Å². The molecule has 0 saturated heterocycles. The molecular weight excluding hydrogens is 350 g/mol. The average Bonchev–Trinajstić information content (AvgIpc) is 2.72. The summed E-state index contributed by atoms with van der Waals surface area (Å²) in [5.41, 5.74) is 1.47. The van der Waals surface area contributed by atoms with Crippen molar-refractivity contribution in [3.63, 3.8) is 0 Å². The van der Waals surface area contributed by atoms with Crippen molar-refractivity contribution in [3.05, 3.63) is 65.2 Å². The van der Waals surface area contributed by atoms with Gasteiger partial charge in [-0.05, 0) is 30.3 Å². The van der Waals surface area contributed by atoms with Gasteiger partial charge in [0.2, 0.25) is 0 Å². The number of esters is 2. The number of rotatable bonds is 5. The molecule has 3 rings (SSSR count). The maximum atomic E-state index is 12.1. The summed E-state index contributed by atoms with van der Waals surface area (Å²) < 4.78 is 15.2. The molecule has 1 aliphatic rings. The van der Waals surface area contributed by atoms with Crippen LogP contribution >= 0.6 is 0 Å². The lowest BCUT2D eigenvalue weighted by atomic mass is 10.0. The zero-order valence-electron chi connectivity index (χ0n) is 14.8. The Balaban J connectivity index is 1.53. The average molecular weight is 369 g/mol.